The molecule has 0 aliphatic heterocycles. The number of nitrogens with two attached hydrogens (primary N) is 1. The van der Waals surface area contributed by atoms with Crippen molar-refractivity contribution in [3.63, 3.8) is 0 Å². The Kier molecular flexibility index (Phi) is 11.7. The van der Waals surface area contributed by atoms with Gasteiger partial charge in [-0.3, -0.25) is 0 Å². The smallest absolute Gasteiger partial charge is 0.225 e. The summed E-state index contributed by atoms with van der Waals surface area (Å²) in [6.07, 6.45) is 3.17. The van der Waals surface area contributed by atoms with Gasteiger partial charge in [0, 0.05) is 24.3 Å². The number of nitrogens with one attached hydrogen (secondary N) is 1. The van der Waals surface area contributed by atoms with Crippen LogP contribution in [-0.2, 0) is 0 Å². The predicted molar refractivity (Wildman–Crippen MR) is 138 cm³/mol. The Morgan fingerprint density at radius 1 is 0.686 bits per heavy atom. The van der Waals surface area contributed by atoms with Crippen molar-refractivity contribution in [3.8, 4) is 11.8 Å². The van der Waals surface area contributed by atoms with E-state index in [0.29, 0.717) is 23.3 Å². The molecule has 0 spiro atoms. The summed E-state index contributed by atoms with van der Waals surface area (Å²) >= 11 is 27.7. The van der Waals surface area contributed by atoms with Crippen LogP contribution in [-0.4, -0.2) is 44.1 Å². The molecular formula is C20H17Cl5N8O2. The van der Waals surface area contributed by atoms with Crippen molar-refractivity contribution < 1.29 is 9.47 Å². The maximum Gasteiger partial charge on any atom is 0.225 e. The van der Waals surface area contributed by atoms with Crippen molar-refractivity contribution in [2.75, 3.05) is 25.3 Å². The molecule has 0 aliphatic carbocycles. The highest BCUT2D eigenvalue weighted by atomic mass is 35.5. The Labute approximate surface area is 225 Å². The highest BCUT2D eigenvalue weighted by molar-refractivity contribution is 6.35. The van der Waals surface area contributed by atoms with Crippen molar-refractivity contribution in [3.05, 3.63) is 74.8 Å². The first-order valence-electron chi connectivity index (χ1n) is 9.26. The summed E-state index contributed by atoms with van der Waals surface area (Å²) in [6.45, 7) is 0. The molecular weight excluding hydrogens is 562 g/mol. The lowest BCUT2D eigenvalue weighted by Crippen LogP contribution is -1.96. The number of hydrogen-bond donors (Lipinski definition) is 2. The monoisotopic (exact) mass is 576 g/mol. The molecule has 0 bridgehead atoms. The molecule has 0 aromatic carbocycles. The zero-order valence-electron chi connectivity index (χ0n) is 18.1. The van der Waals surface area contributed by atoms with Crippen molar-refractivity contribution in [2.45, 2.75) is 0 Å². The van der Waals surface area contributed by atoms with Crippen LogP contribution in [0.2, 0.25) is 26.0 Å². The summed E-state index contributed by atoms with van der Waals surface area (Å²) in [5, 5.41) is 3.92. The Balaban J connectivity index is 0.000000203. The lowest BCUT2D eigenvalue weighted by atomic mass is 10.4. The van der Waals surface area contributed by atoms with Crippen LogP contribution >= 0.6 is 58.0 Å². The number of nitrogen functional groups attached to an aromatic ring is 1. The number of nitrogens with zero attached hydrogens (tertiary/aromatic N) is 6. The molecule has 4 aromatic rings. The highest BCUT2D eigenvalue weighted by Crippen LogP contribution is 2.19. The van der Waals surface area contributed by atoms with Crippen LogP contribution in [0, 0.1) is 0 Å². The first kappa shape index (κ1) is 28.3. The van der Waals surface area contributed by atoms with E-state index < -0.39 is 0 Å². The van der Waals surface area contributed by atoms with E-state index in [2.05, 4.69) is 35.2 Å². The van der Waals surface area contributed by atoms with E-state index in [9.17, 15) is 0 Å². The topological polar surface area (TPSA) is 134 Å². The fraction of sp³-hybridized carbons (Fsp3) is 0.100. The van der Waals surface area contributed by atoms with Crippen molar-refractivity contribution >= 4 is 75.2 Å². The number of anilines is 3. The Morgan fingerprint density at radius 3 is 1.63 bits per heavy atom. The van der Waals surface area contributed by atoms with E-state index in [1.54, 1.807) is 56.9 Å². The molecule has 4 heterocycles. The molecule has 0 atom stereocenters. The maximum atomic E-state index is 5.75. The third-order valence-electron chi connectivity index (χ3n) is 3.49. The number of methoxy groups -OCH3 is 2. The zero-order valence-corrected chi connectivity index (χ0v) is 21.9. The summed E-state index contributed by atoms with van der Waals surface area (Å²) in [7, 11) is 3.12. The van der Waals surface area contributed by atoms with Gasteiger partial charge in [-0.15, -0.1) is 0 Å². The van der Waals surface area contributed by atoms with Crippen LogP contribution in [0.25, 0.3) is 0 Å². The molecule has 184 valence electrons. The van der Waals surface area contributed by atoms with E-state index in [1.165, 1.54) is 6.07 Å². The van der Waals surface area contributed by atoms with Gasteiger partial charge in [-0.1, -0.05) is 34.8 Å². The minimum Gasteiger partial charge on any atom is -0.481 e. The van der Waals surface area contributed by atoms with E-state index in [-0.39, 0.29) is 26.0 Å². The quantitative estimate of drug-likeness (QED) is 0.218. The van der Waals surface area contributed by atoms with Crippen LogP contribution in [0.4, 0.5) is 17.2 Å². The summed E-state index contributed by atoms with van der Waals surface area (Å²) in [5.74, 6) is 1.63. The second-order valence-electron chi connectivity index (χ2n) is 5.98. The Morgan fingerprint density at radius 2 is 1.20 bits per heavy atom. The van der Waals surface area contributed by atoms with Crippen molar-refractivity contribution in [2.24, 2.45) is 0 Å². The molecule has 0 unspecified atom stereocenters. The van der Waals surface area contributed by atoms with Crippen LogP contribution in [0.1, 0.15) is 0 Å². The average molecular weight is 579 g/mol. The normalized spacial score (nSPS) is 9.69. The van der Waals surface area contributed by atoms with E-state index in [4.69, 9.17) is 73.2 Å². The van der Waals surface area contributed by atoms with Gasteiger partial charge >= 0.3 is 0 Å². The van der Waals surface area contributed by atoms with Crippen LogP contribution in [0.5, 0.6) is 11.8 Å². The van der Waals surface area contributed by atoms with Crippen LogP contribution in [0.3, 0.4) is 0 Å². The zero-order chi connectivity index (χ0) is 25.8. The Bertz CT molecular complexity index is 1150. The summed E-state index contributed by atoms with van der Waals surface area (Å²) in [6, 6.07) is 9.97. The summed E-state index contributed by atoms with van der Waals surface area (Å²) in [4.78, 5) is 22.8. The van der Waals surface area contributed by atoms with Gasteiger partial charge in [0.1, 0.15) is 21.3 Å². The minimum absolute atomic E-state index is 0.0625. The van der Waals surface area contributed by atoms with Gasteiger partial charge in [-0.05, 0) is 35.3 Å². The summed E-state index contributed by atoms with van der Waals surface area (Å²) < 4.78 is 9.75. The number of rotatable bonds is 4. The van der Waals surface area contributed by atoms with Gasteiger partial charge in [0.05, 0.1) is 38.0 Å². The minimum atomic E-state index is 0.0625. The van der Waals surface area contributed by atoms with E-state index in [0.717, 1.165) is 5.69 Å². The lowest BCUT2D eigenvalue weighted by Gasteiger charge is -2.06. The molecule has 15 heteroatoms. The predicted octanol–water partition coefficient (Wildman–Crippen LogP) is 6.04. The number of ether oxygens (including phenoxy) is 2. The fourth-order valence-corrected chi connectivity index (χ4v) is 3.15. The molecule has 35 heavy (non-hydrogen) atoms. The highest BCUT2D eigenvalue weighted by Gasteiger charge is 2.02. The second kappa shape index (κ2) is 14.5. The molecule has 3 N–H and O–H groups in total. The van der Waals surface area contributed by atoms with Gasteiger partial charge in [0.25, 0.3) is 0 Å². The largest absolute Gasteiger partial charge is 0.481 e. The third kappa shape index (κ3) is 10.9. The molecule has 0 aliphatic rings. The van der Waals surface area contributed by atoms with E-state index in [1.807, 2.05) is 0 Å². The van der Waals surface area contributed by atoms with Gasteiger partial charge < -0.3 is 20.5 Å². The van der Waals surface area contributed by atoms with Gasteiger partial charge in [-0.25, -0.2) is 29.9 Å². The molecule has 10 nitrogen and oxygen atoms in total. The number of aromatic nitrogens is 6. The van der Waals surface area contributed by atoms with Crippen molar-refractivity contribution in [1.29, 1.82) is 0 Å². The standard InChI is InChI=1S/C10H8Cl2N4O.C6H8N2O.C4HCl3N2/c1-17-9-3-2-6(5-13-9)14-8-4-7(11)15-10(12)16-8;1-9-6-3-2-5(7)4-8-6;5-2-1-3(6)9-4(7)8-2/h2-5H,1H3,(H,14,15,16);2-4H,7H2,1H3;1H. The number of halogens is 5. The number of hydrogen-bond acceptors (Lipinski definition) is 10. The molecule has 0 saturated heterocycles. The Hall–Kier alpha value is -2.89. The van der Waals surface area contributed by atoms with Crippen LogP contribution < -0.4 is 20.5 Å². The molecule has 4 rings (SSSR count). The maximum absolute atomic E-state index is 5.75. The molecule has 0 radical (unpaired) electrons. The summed E-state index contributed by atoms with van der Waals surface area (Å²) in [5.41, 5.74) is 6.76. The van der Waals surface area contributed by atoms with Crippen LogP contribution in [0.15, 0.2) is 48.8 Å². The van der Waals surface area contributed by atoms with E-state index >= 15 is 0 Å². The van der Waals surface area contributed by atoms with Gasteiger partial charge in [0.2, 0.25) is 22.3 Å². The molecule has 4 aromatic heterocycles. The molecule has 0 fully saturated rings. The lowest BCUT2D eigenvalue weighted by molar-refractivity contribution is 0.398. The fourth-order valence-electron chi connectivity index (χ4n) is 2.05. The average Bonchev–Trinajstić information content (AvgIpc) is 2.79. The third-order valence-corrected chi connectivity index (χ3v) is 4.41. The first-order chi connectivity index (χ1) is 16.7. The molecule has 0 saturated carbocycles. The van der Waals surface area contributed by atoms with Gasteiger partial charge in [0.15, 0.2) is 0 Å². The van der Waals surface area contributed by atoms with Gasteiger partial charge in [-0.2, -0.15) is 0 Å². The second-order valence-corrected chi connectivity index (χ2v) is 7.81. The van der Waals surface area contributed by atoms with Crippen molar-refractivity contribution in [1.82, 2.24) is 29.9 Å². The molecule has 0 amide bonds. The number of pyridine rings is 2. The SMILES string of the molecule is COc1ccc(N)cn1.COc1ccc(Nc2cc(Cl)nc(Cl)n2)cn1.Clc1cc(Cl)nc(Cl)n1. The first-order valence-corrected chi connectivity index (χ1v) is 11.2.